The number of carbonyl (C=O) groups is 4. The average Bonchev–Trinajstić information content (AvgIpc) is 0.943. The van der Waals surface area contributed by atoms with Crippen molar-refractivity contribution in [2.45, 2.75) is 407 Å². The third-order valence-electron chi connectivity index (χ3n) is 18.2. The molecule has 19 heteroatoms. The minimum atomic E-state index is -4.97. The lowest BCUT2D eigenvalue weighted by Crippen LogP contribution is -2.30. The summed E-state index contributed by atoms with van der Waals surface area (Å²) in [5.74, 6) is -0.554. The maximum atomic E-state index is 13.1. The van der Waals surface area contributed by atoms with Crippen LogP contribution in [0.5, 0.6) is 0 Å². The maximum Gasteiger partial charge on any atom is 0.472 e. The van der Waals surface area contributed by atoms with Crippen LogP contribution in [0, 0.1) is 11.8 Å². The number of carbonyl (C=O) groups excluding carboxylic acids is 4. The molecule has 0 saturated heterocycles. The zero-order valence-corrected chi connectivity index (χ0v) is 65.4. The Hall–Kier alpha value is -2.46. The van der Waals surface area contributed by atoms with Crippen LogP contribution in [0.2, 0.25) is 0 Å². The van der Waals surface area contributed by atoms with E-state index in [0.29, 0.717) is 25.7 Å². The minimum absolute atomic E-state index is 0.101. The molecule has 0 heterocycles. The number of phosphoric acid groups is 2. The summed E-state index contributed by atoms with van der Waals surface area (Å²) in [7, 11) is -9.93. The normalized spacial score (nSPS) is 14.4. The Morgan fingerprint density at radius 1 is 0.337 bits per heavy atom. The Kier molecular flexibility index (Phi) is 68.5. The van der Waals surface area contributed by atoms with Gasteiger partial charge in [-0.15, -0.1) is 0 Å². The molecule has 0 bridgehead atoms. The van der Waals surface area contributed by atoms with Crippen LogP contribution < -0.4 is 0 Å². The Morgan fingerprint density at radius 3 is 0.918 bits per heavy atom. The minimum Gasteiger partial charge on any atom is -0.462 e. The first kappa shape index (κ1) is 95.5. The van der Waals surface area contributed by atoms with E-state index in [1.807, 2.05) is 0 Å². The van der Waals surface area contributed by atoms with Crippen molar-refractivity contribution < 1.29 is 80.2 Å². The van der Waals surface area contributed by atoms with Gasteiger partial charge in [-0.1, -0.05) is 336 Å². The van der Waals surface area contributed by atoms with Crippen molar-refractivity contribution in [3.63, 3.8) is 0 Å². The summed E-state index contributed by atoms with van der Waals surface area (Å²) >= 11 is 0. The quantitative estimate of drug-likeness (QED) is 0.0169. The standard InChI is InChI=1S/C79H150O17P2/c1-7-10-12-14-16-18-20-22-23-28-31-37-43-49-55-61-76(81)89-67-74(95-79(84)64-58-52-46-39-33-29-25-24-27-30-36-42-48-54-60-72(6)9-3)69-93-97(85,86)91-65-73(80)66-92-98(87,88)94-70-75(68-90-77(82)62-56-50-44-40-34-35-41-47-53-59-71(4)5)96-78(83)63-57-51-45-38-32-26-21-19-17-15-13-11-8-2/h18,20,22-23,71-75,80H,7-17,19,21,24-70H2,1-6H3,(H,85,86)(H,87,88)/b20-18-,23-22-/t72?,73-,74-,75-/m1/s1. The number of rotatable bonds is 76. The van der Waals surface area contributed by atoms with Gasteiger partial charge in [0.1, 0.15) is 19.3 Å². The molecule has 0 spiro atoms. The van der Waals surface area contributed by atoms with Crippen molar-refractivity contribution in [1.29, 1.82) is 0 Å². The molecule has 6 atom stereocenters. The fraction of sp³-hybridized carbons (Fsp3) is 0.899. The van der Waals surface area contributed by atoms with Gasteiger partial charge in [-0.3, -0.25) is 37.3 Å². The van der Waals surface area contributed by atoms with E-state index in [-0.39, 0.29) is 25.7 Å². The molecule has 0 aliphatic rings. The first-order valence-corrected chi connectivity index (χ1v) is 43.3. The number of aliphatic hydroxyl groups is 1. The van der Waals surface area contributed by atoms with E-state index in [9.17, 15) is 43.2 Å². The molecule has 0 radical (unpaired) electrons. The highest BCUT2D eigenvalue weighted by atomic mass is 31.2. The van der Waals surface area contributed by atoms with Crippen molar-refractivity contribution in [2.24, 2.45) is 11.8 Å². The molecule has 0 aliphatic carbocycles. The number of unbranched alkanes of at least 4 members (excludes halogenated alkanes) is 42. The summed E-state index contributed by atoms with van der Waals surface area (Å²) in [6.07, 6.45) is 61.7. The van der Waals surface area contributed by atoms with E-state index < -0.39 is 97.5 Å². The van der Waals surface area contributed by atoms with Crippen LogP contribution in [0.25, 0.3) is 0 Å². The molecule has 3 unspecified atom stereocenters. The van der Waals surface area contributed by atoms with Gasteiger partial charge in [-0.2, -0.15) is 0 Å². The second kappa shape index (κ2) is 70.2. The maximum absolute atomic E-state index is 13.1. The van der Waals surface area contributed by atoms with Crippen molar-refractivity contribution in [3.8, 4) is 0 Å². The predicted octanol–water partition coefficient (Wildman–Crippen LogP) is 23.1. The zero-order chi connectivity index (χ0) is 72.1. The summed E-state index contributed by atoms with van der Waals surface area (Å²) in [5.41, 5.74) is 0. The Labute approximate surface area is 599 Å². The van der Waals surface area contributed by atoms with Crippen molar-refractivity contribution in [2.75, 3.05) is 39.6 Å². The smallest absolute Gasteiger partial charge is 0.462 e. The van der Waals surface area contributed by atoms with Crippen LogP contribution in [0.15, 0.2) is 24.3 Å². The van der Waals surface area contributed by atoms with Gasteiger partial charge in [0.15, 0.2) is 12.2 Å². The van der Waals surface area contributed by atoms with E-state index in [4.69, 9.17) is 37.0 Å². The van der Waals surface area contributed by atoms with Crippen LogP contribution in [0.1, 0.15) is 388 Å². The molecule has 0 aliphatic heterocycles. The molecule has 17 nitrogen and oxygen atoms in total. The first-order chi connectivity index (χ1) is 47.4. The fourth-order valence-corrected chi connectivity index (χ4v) is 13.2. The second-order valence-electron chi connectivity index (χ2n) is 28.5. The Bertz CT molecular complexity index is 1990. The lowest BCUT2D eigenvalue weighted by atomic mass is 9.99. The lowest BCUT2D eigenvalue weighted by Gasteiger charge is -2.21. The van der Waals surface area contributed by atoms with Crippen LogP contribution in [-0.4, -0.2) is 96.7 Å². The molecule has 0 rings (SSSR count). The van der Waals surface area contributed by atoms with Crippen molar-refractivity contribution in [1.82, 2.24) is 0 Å². The number of phosphoric ester groups is 2. The summed E-state index contributed by atoms with van der Waals surface area (Å²) < 4.78 is 68.6. The van der Waals surface area contributed by atoms with Crippen molar-refractivity contribution >= 4 is 39.5 Å². The summed E-state index contributed by atoms with van der Waals surface area (Å²) in [4.78, 5) is 72.9. The van der Waals surface area contributed by atoms with E-state index in [0.717, 1.165) is 121 Å². The summed E-state index contributed by atoms with van der Waals surface area (Å²) in [6.45, 7) is 9.59. The van der Waals surface area contributed by atoms with Gasteiger partial charge in [-0.25, -0.2) is 9.13 Å². The average molecular weight is 1430 g/mol. The van der Waals surface area contributed by atoms with Gasteiger partial charge < -0.3 is 33.8 Å². The molecule has 0 amide bonds. The molecular formula is C79H150O17P2. The number of esters is 4. The summed E-state index contributed by atoms with van der Waals surface area (Å²) in [6, 6.07) is 0. The van der Waals surface area contributed by atoms with Gasteiger partial charge in [0.25, 0.3) is 0 Å². The topological polar surface area (TPSA) is 237 Å². The fourth-order valence-electron chi connectivity index (χ4n) is 11.6. The van der Waals surface area contributed by atoms with Gasteiger partial charge in [0.05, 0.1) is 26.4 Å². The molecule has 0 aromatic rings. The van der Waals surface area contributed by atoms with Crippen LogP contribution in [0.4, 0.5) is 0 Å². The van der Waals surface area contributed by atoms with Gasteiger partial charge in [0.2, 0.25) is 0 Å². The van der Waals surface area contributed by atoms with Crippen LogP contribution >= 0.6 is 15.6 Å². The third kappa shape index (κ3) is 70.6. The number of aliphatic hydroxyl groups excluding tert-OH is 1. The summed E-state index contributed by atoms with van der Waals surface area (Å²) in [5, 5.41) is 10.6. The molecule has 0 saturated carbocycles. The number of ether oxygens (including phenoxy) is 4. The number of hydrogen-bond acceptors (Lipinski definition) is 15. The van der Waals surface area contributed by atoms with Gasteiger partial charge >= 0.3 is 39.5 Å². The van der Waals surface area contributed by atoms with Crippen molar-refractivity contribution in [3.05, 3.63) is 24.3 Å². The molecule has 0 aromatic carbocycles. The number of allylic oxidation sites excluding steroid dienone is 4. The molecule has 0 aromatic heterocycles. The molecular weight excluding hydrogens is 1280 g/mol. The van der Waals surface area contributed by atoms with Crippen LogP contribution in [0.3, 0.4) is 0 Å². The SMILES string of the molecule is CCCCCC/C=C\C=C/CCCCCCCC(=O)OC[C@H](COP(=O)(O)OC[C@@H](O)COP(=O)(O)OC[C@@H](COC(=O)CCCCCCCCCCCC(C)C)OC(=O)CCCCCCCCCCCCCCC)OC(=O)CCCCCCCCCCCCCCCCC(C)CC. The molecule has 578 valence electrons. The Morgan fingerprint density at radius 2 is 0.602 bits per heavy atom. The third-order valence-corrected chi connectivity index (χ3v) is 20.1. The Balaban J connectivity index is 5.30. The highest BCUT2D eigenvalue weighted by Crippen LogP contribution is 2.45. The van der Waals surface area contributed by atoms with E-state index >= 15 is 0 Å². The molecule has 0 fully saturated rings. The monoisotopic (exact) mass is 1430 g/mol. The van der Waals surface area contributed by atoms with E-state index in [2.05, 4.69) is 65.8 Å². The van der Waals surface area contributed by atoms with E-state index in [1.165, 1.54) is 186 Å². The second-order valence-corrected chi connectivity index (χ2v) is 31.4. The highest BCUT2D eigenvalue weighted by molar-refractivity contribution is 7.47. The molecule has 3 N–H and O–H groups in total. The zero-order valence-electron chi connectivity index (χ0n) is 63.6. The van der Waals surface area contributed by atoms with E-state index in [1.54, 1.807) is 0 Å². The number of hydrogen-bond donors (Lipinski definition) is 3. The largest absolute Gasteiger partial charge is 0.472 e. The van der Waals surface area contributed by atoms with Crippen LogP contribution in [-0.2, 0) is 65.4 Å². The lowest BCUT2D eigenvalue weighted by molar-refractivity contribution is -0.161. The first-order valence-electron chi connectivity index (χ1n) is 40.3. The van der Waals surface area contributed by atoms with Gasteiger partial charge in [-0.05, 0) is 63.2 Å². The molecule has 98 heavy (non-hydrogen) atoms. The predicted molar refractivity (Wildman–Crippen MR) is 400 cm³/mol. The highest BCUT2D eigenvalue weighted by Gasteiger charge is 2.30. The van der Waals surface area contributed by atoms with Gasteiger partial charge in [0, 0.05) is 25.7 Å².